The van der Waals surface area contributed by atoms with Crippen molar-refractivity contribution in [1.29, 1.82) is 0 Å². The van der Waals surface area contributed by atoms with Crippen molar-refractivity contribution >= 4 is 5.97 Å². The van der Waals surface area contributed by atoms with E-state index in [9.17, 15) is 14.4 Å². The maximum absolute atomic E-state index is 12.1. The van der Waals surface area contributed by atoms with Gasteiger partial charge >= 0.3 is 11.7 Å². The normalized spacial score (nSPS) is 12.1. The highest BCUT2D eigenvalue weighted by Gasteiger charge is 2.17. The molecule has 0 aliphatic carbocycles. The van der Waals surface area contributed by atoms with Crippen molar-refractivity contribution in [2.75, 3.05) is 7.11 Å². The molecule has 7 heteroatoms. The van der Waals surface area contributed by atoms with E-state index >= 15 is 0 Å². The number of hydrogen-bond donors (Lipinski definition) is 2. The van der Waals surface area contributed by atoms with E-state index in [-0.39, 0.29) is 11.4 Å². The summed E-state index contributed by atoms with van der Waals surface area (Å²) in [6, 6.07) is 8.73. The number of H-pyrrole nitrogens is 2. The van der Waals surface area contributed by atoms with E-state index in [2.05, 4.69) is 14.7 Å². The van der Waals surface area contributed by atoms with Crippen LogP contribution in [0, 0.1) is 0 Å². The topological polar surface area (TPSA) is 101 Å². The Morgan fingerprint density at radius 3 is 2.52 bits per heavy atom. The molecule has 1 aromatic carbocycles. The van der Waals surface area contributed by atoms with Crippen LogP contribution in [0.15, 0.2) is 52.1 Å². The number of methoxy groups -OCH3 is 1. The lowest BCUT2D eigenvalue weighted by Crippen LogP contribution is -2.27. The van der Waals surface area contributed by atoms with Crippen molar-refractivity contribution in [3.63, 3.8) is 0 Å². The molecular weight excluding hydrogens is 300 g/mol. The molecule has 0 saturated carbocycles. The minimum atomic E-state index is -0.672. The fourth-order valence-corrected chi connectivity index (χ4v) is 1.96. The van der Waals surface area contributed by atoms with Gasteiger partial charge < -0.3 is 9.47 Å². The van der Waals surface area contributed by atoms with Gasteiger partial charge in [0.15, 0.2) is 0 Å². The van der Waals surface area contributed by atoms with E-state index in [0.717, 1.165) is 0 Å². The highest BCUT2D eigenvalue weighted by Crippen LogP contribution is 2.25. The van der Waals surface area contributed by atoms with Gasteiger partial charge in [-0.05, 0) is 12.1 Å². The third-order valence-corrected chi connectivity index (χ3v) is 3.08. The van der Waals surface area contributed by atoms with E-state index in [1.807, 2.05) is 6.07 Å². The molecule has 0 radical (unpaired) electrons. The number of ether oxygens (including phenoxy) is 2. The maximum atomic E-state index is 12.1. The summed E-state index contributed by atoms with van der Waals surface area (Å²) in [7, 11) is 1.26. The number of carbonyl (C=O) groups excluding carboxylic acids is 1. The molecule has 120 valence electrons. The van der Waals surface area contributed by atoms with Gasteiger partial charge in [0, 0.05) is 12.0 Å². The van der Waals surface area contributed by atoms with Gasteiger partial charge in [-0.1, -0.05) is 31.2 Å². The molecule has 1 unspecified atom stereocenters. The van der Waals surface area contributed by atoms with Gasteiger partial charge in [-0.25, -0.2) is 9.59 Å². The lowest BCUT2D eigenvalue weighted by molar-refractivity contribution is -0.134. The Kier molecular flexibility index (Phi) is 5.14. The van der Waals surface area contributed by atoms with Crippen LogP contribution < -0.4 is 16.0 Å². The van der Waals surface area contributed by atoms with Gasteiger partial charge in [0.05, 0.1) is 12.7 Å². The third kappa shape index (κ3) is 4.19. The molecule has 0 bridgehead atoms. The lowest BCUT2D eigenvalue weighted by atomic mass is 10.0. The number of para-hydroxylation sites is 1. The second kappa shape index (κ2) is 7.26. The van der Waals surface area contributed by atoms with Crippen molar-refractivity contribution in [2.24, 2.45) is 0 Å². The van der Waals surface area contributed by atoms with E-state index in [4.69, 9.17) is 4.74 Å². The molecule has 2 N–H and O–H groups in total. The number of carbonyl (C=O) groups is 1. The molecule has 7 nitrogen and oxygen atoms in total. The van der Waals surface area contributed by atoms with Crippen molar-refractivity contribution in [1.82, 2.24) is 9.97 Å². The predicted molar refractivity (Wildman–Crippen MR) is 83.8 cm³/mol. The summed E-state index contributed by atoms with van der Waals surface area (Å²) in [5, 5.41) is 0. The summed E-state index contributed by atoms with van der Waals surface area (Å²) >= 11 is 0. The quantitative estimate of drug-likeness (QED) is 0.645. The first-order valence-corrected chi connectivity index (χ1v) is 6.87. The van der Waals surface area contributed by atoms with Gasteiger partial charge in [-0.15, -0.1) is 0 Å². The standard InChI is InChI=1S/C16H16N2O5/c1-10(8-9-12(19)22-2)13-14(20)17-16(21)18-15(13)23-11-6-4-3-5-7-11/h3-10H,1-2H3,(H2,17,18,20,21)/b9-8+. The van der Waals surface area contributed by atoms with Crippen molar-refractivity contribution in [2.45, 2.75) is 12.8 Å². The Bertz CT molecular complexity index is 820. The van der Waals surface area contributed by atoms with Crippen LogP contribution in [-0.4, -0.2) is 23.0 Å². The molecule has 0 aliphatic heterocycles. The van der Waals surface area contributed by atoms with E-state index in [1.165, 1.54) is 19.3 Å². The summed E-state index contributed by atoms with van der Waals surface area (Å²) in [5.74, 6) is -0.511. The van der Waals surface area contributed by atoms with Crippen LogP contribution in [0.3, 0.4) is 0 Å². The zero-order valence-corrected chi connectivity index (χ0v) is 12.7. The first-order valence-electron chi connectivity index (χ1n) is 6.87. The summed E-state index contributed by atoms with van der Waals surface area (Å²) < 4.78 is 10.1. The number of aromatic amines is 2. The number of nitrogens with one attached hydrogen (secondary N) is 2. The molecule has 0 saturated heterocycles. The molecule has 0 fully saturated rings. The molecule has 1 atom stereocenters. The zero-order chi connectivity index (χ0) is 16.8. The molecule has 23 heavy (non-hydrogen) atoms. The average molecular weight is 316 g/mol. The molecule has 0 amide bonds. The van der Waals surface area contributed by atoms with E-state index in [0.29, 0.717) is 5.75 Å². The number of allylic oxidation sites excluding steroid dienone is 1. The second-order valence-corrected chi connectivity index (χ2v) is 4.74. The lowest BCUT2D eigenvalue weighted by Gasteiger charge is -2.12. The zero-order valence-electron chi connectivity index (χ0n) is 12.7. The smallest absolute Gasteiger partial charge is 0.330 e. The maximum Gasteiger partial charge on any atom is 0.330 e. The first-order chi connectivity index (χ1) is 11.0. The van der Waals surface area contributed by atoms with Crippen LogP contribution in [0.2, 0.25) is 0 Å². The second-order valence-electron chi connectivity index (χ2n) is 4.74. The summed E-state index contributed by atoms with van der Waals surface area (Å²) in [6.45, 7) is 1.69. The number of benzene rings is 1. The van der Waals surface area contributed by atoms with Crippen LogP contribution in [0.4, 0.5) is 0 Å². The molecule has 0 spiro atoms. The molecule has 1 aromatic heterocycles. The molecular formula is C16H16N2O5. The average Bonchev–Trinajstić information content (AvgIpc) is 2.52. The SMILES string of the molecule is COC(=O)/C=C/C(C)c1c(Oc2ccccc2)[nH]c(=O)[nH]c1=O. The van der Waals surface area contributed by atoms with Gasteiger partial charge in [0.25, 0.3) is 5.56 Å². The van der Waals surface area contributed by atoms with Gasteiger partial charge in [0.1, 0.15) is 5.75 Å². The molecule has 2 aromatic rings. The molecule has 0 aliphatic rings. The monoisotopic (exact) mass is 316 g/mol. The Morgan fingerprint density at radius 1 is 1.17 bits per heavy atom. The van der Waals surface area contributed by atoms with Crippen molar-refractivity contribution in [3.8, 4) is 11.6 Å². The Balaban J connectivity index is 2.42. The van der Waals surface area contributed by atoms with Gasteiger partial charge in [0.2, 0.25) is 5.88 Å². The largest absolute Gasteiger partial charge is 0.466 e. The van der Waals surface area contributed by atoms with Crippen LogP contribution in [-0.2, 0) is 9.53 Å². The van der Waals surface area contributed by atoms with Gasteiger partial charge in [-0.3, -0.25) is 14.8 Å². The van der Waals surface area contributed by atoms with Crippen LogP contribution in [0.1, 0.15) is 18.4 Å². The van der Waals surface area contributed by atoms with Crippen LogP contribution >= 0.6 is 0 Å². The van der Waals surface area contributed by atoms with Crippen LogP contribution in [0.25, 0.3) is 0 Å². The third-order valence-electron chi connectivity index (χ3n) is 3.08. The fourth-order valence-electron chi connectivity index (χ4n) is 1.96. The number of rotatable bonds is 5. The number of hydrogen-bond acceptors (Lipinski definition) is 5. The van der Waals surface area contributed by atoms with E-state index in [1.54, 1.807) is 31.2 Å². The minimum Gasteiger partial charge on any atom is -0.466 e. The fraction of sp³-hybridized carbons (Fsp3) is 0.188. The molecule has 2 rings (SSSR count). The Labute approximate surface area is 131 Å². The Hall–Kier alpha value is -3.09. The minimum absolute atomic E-state index is 0.0342. The highest BCUT2D eigenvalue weighted by atomic mass is 16.5. The summed E-state index contributed by atoms with van der Waals surface area (Å²) in [5.41, 5.74) is -1.05. The van der Waals surface area contributed by atoms with Crippen molar-refractivity contribution < 1.29 is 14.3 Å². The summed E-state index contributed by atoms with van der Waals surface area (Å²) in [6.07, 6.45) is 2.70. The van der Waals surface area contributed by atoms with Crippen LogP contribution in [0.5, 0.6) is 11.6 Å². The Morgan fingerprint density at radius 2 is 1.87 bits per heavy atom. The van der Waals surface area contributed by atoms with E-state index < -0.39 is 23.1 Å². The van der Waals surface area contributed by atoms with Gasteiger partial charge in [-0.2, -0.15) is 0 Å². The highest BCUT2D eigenvalue weighted by molar-refractivity contribution is 5.81. The first kappa shape index (κ1) is 16.3. The number of esters is 1. The predicted octanol–water partition coefficient (Wildman–Crippen LogP) is 1.69. The molecule has 1 heterocycles. The number of aromatic nitrogens is 2. The summed E-state index contributed by atoms with van der Waals surface area (Å²) in [4.78, 5) is 39.4. The van der Waals surface area contributed by atoms with Crippen molar-refractivity contribution in [3.05, 3.63) is 68.9 Å².